The molecule has 1 aromatic heterocycles. The molecule has 0 N–H and O–H groups in total. The van der Waals surface area contributed by atoms with Crippen LogP contribution in [0.2, 0.25) is 0 Å². The third-order valence-corrected chi connectivity index (χ3v) is 3.23. The highest BCUT2D eigenvalue weighted by molar-refractivity contribution is 7.98. The van der Waals surface area contributed by atoms with Crippen LogP contribution < -0.4 is 0 Å². The molecule has 0 radical (unpaired) electrons. The molecule has 0 amide bonds. The van der Waals surface area contributed by atoms with E-state index in [0.29, 0.717) is 5.69 Å². The van der Waals surface area contributed by atoms with Crippen molar-refractivity contribution in [2.45, 2.75) is 18.2 Å². The Morgan fingerprint density at radius 3 is 2.94 bits per heavy atom. The van der Waals surface area contributed by atoms with Crippen LogP contribution in [0.4, 0.5) is 0 Å². The van der Waals surface area contributed by atoms with Gasteiger partial charge < -0.3 is 0 Å². The predicted molar refractivity (Wildman–Crippen MR) is 67.2 cm³/mol. The Labute approximate surface area is 104 Å². The van der Waals surface area contributed by atoms with Crippen molar-refractivity contribution in [1.29, 1.82) is 5.26 Å². The first-order chi connectivity index (χ1) is 8.30. The molecule has 0 saturated heterocycles. The third-order valence-electron chi connectivity index (χ3n) is 2.50. The molecule has 0 fully saturated rings. The highest BCUT2D eigenvalue weighted by Gasteiger charge is 2.11. The Morgan fingerprint density at radius 2 is 2.29 bits per heavy atom. The highest BCUT2D eigenvalue weighted by Crippen LogP contribution is 2.20. The monoisotopic (exact) mass is 244 g/mol. The molecule has 2 aromatic rings. The maximum absolute atomic E-state index is 8.94. The van der Waals surface area contributed by atoms with Crippen LogP contribution in [0.15, 0.2) is 29.2 Å². The Hall–Kier alpha value is -1.80. The Balaban J connectivity index is 2.53. The maximum atomic E-state index is 8.94. The van der Waals surface area contributed by atoms with Crippen LogP contribution in [0, 0.1) is 11.3 Å². The largest absolute Gasteiger partial charge is 0.216 e. The van der Waals surface area contributed by atoms with Crippen LogP contribution in [0.5, 0.6) is 0 Å². The van der Waals surface area contributed by atoms with Gasteiger partial charge in [-0.25, -0.2) is 4.68 Å². The van der Waals surface area contributed by atoms with Crippen molar-refractivity contribution in [3.05, 3.63) is 35.7 Å². The van der Waals surface area contributed by atoms with Crippen molar-refractivity contribution >= 4 is 11.8 Å². The minimum absolute atomic E-state index is 0.405. The molecule has 0 aliphatic carbocycles. The quantitative estimate of drug-likeness (QED) is 0.778. The van der Waals surface area contributed by atoms with Crippen LogP contribution in [-0.4, -0.2) is 21.2 Å². The zero-order chi connectivity index (χ0) is 12.3. The van der Waals surface area contributed by atoms with Gasteiger partial charge in [0.25, 0.3) is 0 Å². The lowest BCUT2D eigenvalue weighted by molar-refractivity contribution is 0.765. The minimum Gasteiger partial charge on any atom is -0.216 e. The van der Waals surface area contributed by atoms with E-state index in [1.54, 1.807) is 16.4 Å². The molecular formula is C12H12N4S. The van der Waals surface area contributed by atoms with Gasteiger partial charge in [0.15, 0.2) is 5.69 Å². The van der Waals surface area contributed by atoms with Crippen LogP contribution >= 0.6 is 11.8 Å². The lowest BCUT2D eigenvalue weighted by Crippen LogP contribution is -2.02. The van der Waals surface area contributed by atoms with Gasteiger partial charge in [-0.1, -0.05) is 18.2 Å². The number of hydrogen-bond donors (Lipinski definition) is 0. The third kappa shape index (κ3) is 2.17. The lowest BCUT2D eigenvalue weighted by Gasteiger charge is -2.05. The van der Waals surface area contributed by atoms with E-state index in [9.17, 15) is 0 Å². The van der Waals surface area contributed by atoms with Gasteiger partial charge in [0.1, 0.15) is 6.07 Å². The first-order valence-corrected chi connectivity index (χ1v) is 6.51. The van der Waals surface area contributed by atoms with E-state index in [0.717, 1.165) is 17.8 Å². The van der Waals surface area contributed by atoms with Crippen LogP contribution in [0.1, 0.15) is 18.3 Å². The number of hydrogen-bond acceptors (Lipinski definition) is 4. The summed E-state index contributed by atoms with van der Waals surface area (Å²) in [4.78, 5) is 1.17. The van der Waals surface area contributed by atoms with Gasteiger partial charge in [0.2, 0.25) is 0 Å². The number of benzene rings is 1. The topological polar surface area (TPSA) is 54.5 Å². The van der Waals surface area contributed by atoms with E-state index in [1.165, 1.54) is 4.90 Å². The van der Waals surface area contributed by atoms with Crippen molar-refractivity contribution in [3.63, 3.8) is 0 Å². The van der Waals surface area contributed by atoms with Gasteiger partial charge in [-0.3, -0.25) is 0 Å². The van der Waals surface area contributed by atoms with Crippen LogP contribution in [0.25, 0.3) is 5.69 Å². The minimum atomic E-state index is 0.405. The number of rotatable bonds is 3. The second-order valence-corrected chi connectivity index (χ2v) is 4.34. The number of aromatic nitrogens is 3. The summed E-state index contributed by atoms with van der Waals surface area (Å²) in [5.41, 5.74) is 2.20. The zero-order valence-corrected chi connectivity index (χ0v) is 10.5. The van der Waals surface area contributed by atoms with Gasteiger partial charge in [-0.15, -0.1) is 16.9 Å². The molecule has 1 heterocycles. The fourth-order valence-corrected chi connectivity index (χ4v) is 2.11. The van der Waals surface area contributed by atoms with Gasteiger partial charge in [-0.2, -0.15) is 5.26 Å². The summed E-state index contributed by atoms with van der Waals surface area (Å²) in [6, 6.07) is 10.1. The number of nitriles is 1. The summed E-state index contributed by atoms with van der Waals surface area (Å²) in [5, 5.41) is 16.9. The predicted octanol–water partition coefficient (Wildman–Crippen LogP) is 2.42. The highest BCUT2D eigenvalue weighted by atomic mass is 32.2. The van der Waals surface area contributed by atoms with Crippen molar-refractivity contribution in [1.82, 2.24) is 15.0 Å². The standard InChI is InChI=1S/C12H12N4S/c1-3-12-11(8-13)14-15-16(12)9-5-4-6-10(7-9)17-2/h4-7H,3H2,1-2H3. The van der Waals surface area contributed by atoms with Crippen molar-refractivity contribution in [2.75, 3.05) is 6.26 Å². The summed E-state index contributed by atoms with van der Waals surface area (Å²) in [5.74, 6) is 0. The van der Waals surface area contributed by atoms with E-state index in [2.05, 4.69) is 16.4 Å². The van der Waals surface area contributed by atoms with Gasteiger partial charge in [0.05, 0.1) is 11.4 Å². The van der Waals surface area contributed by atoms with Gasteiger partial charge in [-0.05, 0) is 30.9 Å². The Morgan fingerprint density at radius 1 is 1.47 bits per heavy atom. The second-order valence-electron chi connectivity index (χ2n) is 3.46. The fourth-order valence-electron chi connectivity index (χ4n) is 1.66. The molecule has 0 saturated carbocycles. The second kappa shape index (κ2) is 5.02. The molecule has 17 heavy (non-hydrogen) atoms. The summed E-state index contributed by atoms with van der Waals surface area (Å²) in [6.07, 6.45) is 2.77. The van der Waals surface area contributed by atoms with E-state index >= 15 is 0 Å². The average Bonchev–Trinajstić information content (AvgIpc) is 2.81. The molecule has 0 bridgehead atoms. The van der Waals surface area contributed by atoms with Gasteiger partial charge >= 0.3 is 0 Å². The zero-order valence-electron chi connectivity index (χ0n) is 9.71. The summed E-state index contributed by atoms with van der Waals surface area (Å²) < 4.78 is 1.73. The van der Waals surface area contributed by atoms with Crippen molar-refractivity contribution < 1.29 is 0 Å². The first kappa shape index (κ1) is 11.7. The Bertz CT molecular complexity index is 568. The molecule has 86 valence electrons. The van der Waals surface area contributed by atoms with Crippen LogP contribution in [-0.2, 0) is 6.42 Å². The average molecular weight is 244 g/mol. The van der Waals surface area contributed by atoms with E-state index in [-0.39, 0.29) is 0 Å². The molecule has 0 aliphatic rings. The lowest BCUT2D eigenvalue weighted by atomic mass is 10.2. The molecule has 0 aliphatic heterocycles. The van der Waals surface area contributed by atoms with Gasteiger partial charge in [0, 0.05) is 4.90 Å². The number of thioether (sulfide) groups is 1. The Kier molecular flexibility index (Phi) is 3.45. The first-order valence-electron chi connectivity index (χ1n) is 5.29. The van der Waals surface area contributed by atoms with E-state index in [1.807, 2.05) is 37.4 Å². The summed E-state index contributed by atoms with van der Waals surface area (Å²) in [7, 11) is 0. The van der Waals surface area contributed by atoms with E-state index < -0.39 is 0 Å². The molecular weight excluding hydrogens is 232 g/mol. The molecule has 0 spiro atoms. The molecule has 2 rings (SSSR count). The van der Waals surface area contributed by atoms with Crippen LogP contribution in [0.3, 0.4) is 0 Å². The normalized spacial score (nSPS) is 10.2. The van der Waals surface area contributed by atoms with Crippen molar-refractivity contribution in [3.8, 4) is 11.8 Å². The summed E-state index contributed by atoms with van der Waals surface area (Å²) >= 11 is 1.68. The number of nitrogens with zero attached hydrogens (tertiary/aromatic N) is 4. The van der Waals surface area contributed by atoms with Crippen molar-refractivity contribution in [2.24, 2.45) is 0 Å². The summed E-state index contributed by atoms with van der Waals surface area (Å²) in [6.45, 7) is 1.99. The van der Waals surface area contributed by atoms with E-state index in [4.69, 9.17) is 5.26 Å². The fraction of sp³-hybridized carbons (Fsp3) is 0.250. The molecule has 0 unspecified atom stereocenters. The smallest absolute Gasteiger partial charge is 0.186 e. The maximum Gasteiger partial charge on any atom is 0.186 e. The SMILES string of the molecule is CCc1c(C#N)nnn1-c1cccc(SC)c1. The molecule has 1 aromatic carbocycles. The molecule has 0 atom stereocenters. The molecule has 5 heteroatoms. The molecule has 4 nitrogen and oxygen atoms in total.